The molecule has 2 heteroatoms. The molecular formula is C19H20N2. The van der Waals surface area contributed by atoms with Crippen molar-refractivity contribution in [1.29, 1.82) is 0 Å². The zero-order valence-electron chi connectivity index (χ0n) is 12.2. The third-order valence-electron chi connectivity index (χ3n) is 4.10. The molecular weight excluding hydrogens is 256 g/mol. The van der Waals surface area contributed by atoms with Crippen LogP contribution in [0.3, 0.4) is 0 Å². The molecule has 0 bridgehead atoms. The highest BCUT2D eigenvalue weighted by Gasteiger charge is 2.20. The van der Waals surface area contributed by atoms with Gasteiger partial charge < -0.3 is 5.73 Å². The van der Waals surface area contributed by atoms with Crippen LogP contribution in [0.25, 0.3) is 10.9 Å². The first kappa shape index (κ1) is 13.8. The Labute approximate surface area is 125 Å². The fourth-order valence-corrected chi connectivity index (χ4v) is 2.90. The van der Waals surface area contributed by atoms with E-state index < -0.39 is 0 Å². The maximum Gasteiger partial charge on any atom is 0.0702 e. The molecule has 2 N–H and O–H groups in total. The Hall–Kier alpha value is -2.19. The minimum Gasteiger partial charge on any atom is -0.323 e. The van der Waals surface area contributed by atoms with Gasteiger partial charge in [-0.05, 0) is 29.7 Å². The summed E-state index contributed by atoms with van der Waals surface area (Å²) in [5.74, 6) is 0.314. The summed E-state index contributed by atoms with van der Waals surface area (Å²) in [6.07, 6.45) is 2.93. The number of aromatic nitrogens is 1. The van der Waals surface area contributed by atoms with Crippen molar-refractivity contribution in [1.82, 2.24) is 4.98 Å². The average Bonchev–Trinajstić information content (AvgIpc) is 2.56. The van der Waals surface area contributed by atoms with E-state index in [1.807, 2.05) is 30.5 Å². The number of rotatable bonds is 4. The summed E-state index contributed by atoms with van der Waals surface area (Å²) in [4.78, 5) is 4.53. The molecule has 3 aromatic rings. The lowest BCUT2D eigenvalue weighted by atomic mass is 9.86. The van der Waals surface area contributed by atoms with Gasteiger partial charge in [-0.15, -0.1) is 0 Å². The third-order valence-corrected chi connectivity index (χ3v) is 4.10. The van der Waals surface area contributed by atoms with Gasteiger partial charge in [-0.2, -0.15) is 0 Å². The second-order valence-electron chi connectivity index (χ2n) is 5.41. The minimum atomic E-state index is -0.0329. The van der Waals surface area contributed by atoms with Crippen molar-refractivity contribution in [3.8, 4) is 0 Å². The molecule has 3 rings (SSSR count). The molecule has 0 aliphatic carbocycles. The fraction of sp³-hybridized carbons (Fsp3) is 0.211. The van der Waals surface area contributed by atoms with E-state index in [4.69, 9.17) is 5.73 Å². The predicted octanol–water partition coefficient (Wildman–Crippen LogP) is 4.43. The smallest absolute Gasteiger partial charge is 0.0702 e. The van der Waals surface area contributed by atoms with E-state index in [1.54, 1.807) is 0 Å². The van der Waals surface area contributed by atoms with E-state index in [2.05, 4.69) is 48.3 Å². The zero-order valence-corrected chi connectivity index (χ0v) is 12.2. The first-order valence-electron chi connectivity index (χ1n) is 7.45. The molecule has 0 fully saturated rings. The topological polar surface area (TPSA) is 38.9 Å². The summed E-state index contributed by atoms with van der Waals surface area (Å²) < 4.78 is 0. The van der Waals surface area contributed by atoms with Crippen molar-refractivity contribution in [2.75, 3.05) is 0 Å². The maximum absolute atomic E-state index is 6.53. The van der Waals surface area contributed by atoms with Gasteiger partial charge in [-0.3, -0.25) is 4.98 Å². The SMILES string of the molecule is CCC(c1ccccc1)C(N)c1cnc2ccccc2c1. The van der Waals surface area contributed by atoms with Gasteiger partial charge in [0.25, 0.3) is 0 Å². The normalized spacial score (nSPS) is 14.0. The van der Waals surface area contributed by atoms with Crippen LogP contribution in [-0.4, -0.2) is 4.98 Å². The monoisotopic (exact) mass is 276 g/mol. The Kier molecular flexibility index (Phi) is 3.98. The minimum absolute atomic E-state index is 0.0329. The summed E-state index contributed by atoms with van der Waals surface area (Å²) >= 11 is 0. The van der Waals surface area contributed by atoms with Crippen LogP contribution in [0.15, 0.2) is 66.9 Å². The van der Waals surface area contributed by atoms with Crippen molar-refractivity contribution in [2.45, 2.75) is 25.3 Å². The summed E-state index contributed by atoms with van der Waals surface area (Å²) in [7, 11) is 0. The molecule has 0 saturated carbocycles. The highest BCUT2D eigenvalue weighted by molar-refractivity contribution is 5.78. The number of hydrogen-bond donors (Lipinski definition) is 1. The molecule has 1 aromatic heterocycles. The van der Waals surface area contributed by atoms with Gasteiger partial charge in [-0.1, -0.05) is 55.5 Å². The van der Waals surface area contributed by atoms with E-state index >= 15 is 0 Å². The van der Waals surface area contributed by atoms with Crippen LogP contribution in [0.2, 0.25) is 0 Å². The van der Waals surface area contributed by atoms with Gasteiger partial charge in [0.05, 0.1) is 5.52 Å². The molecule has 0 aliphatic rings. The van der Waals surface area contributed by atoms with Gasteiger partial charge in [-0.25, -0.2) is 0 Å². The number of nitrogens with zero attached hydrogens (tertiary/aromatic N) is 1. The number of hydrogen-bond acceptors (Lipinski definition) is 2. The van der Waals surface area contributed by atoms with Gasteiger partial charge in [0, 0.05) is 23.5 Å². The highest BCUT2D eigenvalue weighted by atomic mass is 14.7. The quantitative estimate of drug-likeness (QED) is 0.765. The second-order valence-corrected chi connectivity index (χ2v) is 5.41. The van der Waals surface area contributed by atoms with Crippen molar-refractivity contribution < 1.29 is 0 Å². The van der Waals surface area contributed by atoms with E-state index in [0.717, 1.165) is 22.9 Å². The van der Waals surface area contributed by atoms with Crippen molar-refractivity contribution >= 4 is 10.9 Å². The molecule has 0 saturated heterocycles. The van der Waals surface area contributed by atoms with Gasteiger partial charge in [0.15, 0.2) is 0 Å². The van der Waals surface area contributed by atoms with Gasteiger partial charge in [0.2, 0.25) is 0 Å². The van der Waals surface area contributed by atoms with Crippen LogP contribution in [0, 0.1) is 0 Å². The molecule has 21 heavy (non-hydrogen) atoms. The van der Waals surface area contributed by atoms with Crippen LogP contribution in [-0.2, 0) is 0 Å². The van der Waals surface area contributed by atoms with E-state index in [0.29, 0.717) is 5.92 Å². The zero-order chi connectivity index (χ0) is 14.7. The van der Waals surface area contributed by atoms with E-state index in [-0.39, 0.29) is 6.04 Å². The Balaban J connectivity index is 1.96. The molecule has 2 nitrogen and oxygen atoms in total. The first-order valence-corrected chi connectivity index (χ1v) is 7.45. The molecule has 2 atom stereocenters. The first-order chi connectivity index (χ1) is 10.3. The predicted molar refractivity (Wildman–Crippen MR) is 88.1 cm³/mol. The molecule has 1 heterocycles. The number of fused-ring (bicyclic) bond motifs is 1. The number of nitrogens with two attached hydrogens (primary N) is 1. The largest absolute Gasteiger partial charge is 0.323 e. The Morgan fingerprint density at radius 2 is 1.67 bits per heavy atom. The maximum atomic E-state index is 6.53. The van der Waals surface area contributed by atoms with Crippen molar-refractivity contribution in [3.63, 3.8) is 0 Å². The van der Waals surface area contributed by atoms with E-state index in [1.165, 1.54) is 5.56 Å². The highest BCUT2D eigenvalue weighted by Crippen LogP contribution is 2.32. The lowest BCUT2D eigenvalue weighted by Gasteiger charge is -2.23. The average molecular weight is 276 g/mol. The molecule has 106 valence electrons. The Morgan fingerprint density at radius 3 is 2.43 bits per heavy atom. The van der Waals surface area contributed by atoms with Gasteiger partial charge in [0.1, 0.15) is 0 Å². The molecule has 2 aromatic carbocycles. The summed E-state index contributed by atoms with van der Waals surface area (Å²) in [5, 5.41) is 1.15. The second kappa shape index (κ2) is 6.06. The lowest BCUT2D eigenvalue weighted by molar-refractivity contribution is 0.538. The molecule has 0 radical (unpaired) electrons. The Morgan fingerprint density at radius 1 is 0.952 bits per heavy atom. The fourth-order valence-electron chi connectivity index (χ4n) is 2.90. The van der Waals surface area contributed by atoms with Crippen molar-refractivity contribution in [2.24, 2.45) is 5.73 Å². The Bertz CT molecular complexity index is 722. The number of para-hydroxylation sites is 1. The molecule has 0 spiro atoms. The van der Waals surface area contributed by atoms with Crippen LogP contribution in [0.5, 0.6) is 0 Å². The van der Waals surface area contributed by atoms with Crippen molar-refractivity contribution in [3.05, 3.63) is 78.0 Å². The summed E-state index contributed by atoms with van der Waals surface area (Å²) in [6.45, 7) is 2.19. The third kappa shape index (κ3) is 2.81. The summed E-state index contributed by atoms with van der Waals surface area (Å²) in [6, 6.07) is 20.8. The van der Waals surface area contributed by atoms with Crippen LogP contribution < -0.4 is 5.73 Å². The van der Waals surface area contributed by atoms with Crippen LogP contribution >= 0.6 is 0 Å². The lowest BCUT2D eigenvalue weighted by Crippen LogP contribution is -2.19. The van der Waals surface area contributed by atoms with E-state index in [9.17, 15) is 0 Å². The van der Waals surface area contributed by atoms with Crippen LogP contribution in [0.1, 0.15) is 36.4 Å². The number of benzene rings is 2. The molecule has 2 unspecified atom stereocenters. The summed E-state index contributed by atoms with van der Waals surface area (Å²) in [5.41, 5.74) is 9.94. The number of pyridine rings is 1. The van der Waals surface area contributed by atoms with Gasteiger partial charge >= 0.3 is 0 Å². The molecule has 0 amide bonds. The molecule has 0 aliphatic heterocycles. The van der Waals surface area contributed by atoms with Crippen LogP contribution in [0.4, 0.5) is 0 Å². The standard InChI is InChI=1S/C19H20N2/c1-2-17(14-8-4-3-5-9-14)19(20)16-12-15-10-6-7-11-18(15)21-13-16/h3-13,17,19H,2,20H2,1H3.